The summed E-state index contributed by atoms with van der Waals surface area (Å²) in [5, 5.41) is 14.4. The lowest BCUT2D eigenvalue weighted by Crippen LogP contribution is -2.58. The molecule has 13 nitrogen and oxygen atoms in total. The Labute approximate surface area is 313 Å². The number of pyridine rings is 1. The molecule has 53 heavy (non-hydrogen) atoms. The molecule has 3 aromatic rings. The van der Waals surface area contributed by atoms with Crippen molar-refractivity contribution < 1.29 is 33.8 Å². The zero-order valence-corrected chi connectivity index (χ0v) is 32.0. The summed E-state index contributed by atoms with van der Waals surface area (Å²) in [6.45, 7) is 14.3. The number of carbonyl (C=O) groups excluding carboxylic acids is 3. The number of nitrogens with zero attached hydrogens (tertiary/aromatic N) is 5. The molecule has 0 bridgehead atoms. The molecule has 0 radical (unpaired) electrons. The fourth-order valence-corrected chi connectivity index (χ4v) is 9.18. The smallest absolute Gasteiger partial charge is 0.330 e. The third-order valence-electron chi connectivity index (χ3n) is 11.0. The summed E-state index contributed by atoms with van der Waals surface area (Å²) >= 11 is 1.63. The minimum Gasteiger partial charge on any atom is -0.497 e. The molecule has 1 saturated carbocycles. The second-order valence-corrected chi connectivity index (χ2v) is 17.0. The number of hydrogen-bond acceptors (Lipinski definition) is 9. The third-order valence-corrected chi connectivity index (χ3v) is 12.2. The van der Waals surface area contributed by atoms with Gasteiger partial charge >= 0.3 is 12.0 Å². The lowest BCUT2D eigenvalue weighted by molar-refractivity contribution is -0.146. The number of nitrogens with one attached hydrogen (secondary N) is 1. The van der Waals surface area contributed by atoms with E-state index in [9.17, 15) is 24.3 Å². The number of ether oxygens (including phenoxy) is 2. The molecule has 4 amide bonds. The van der Waals surface area contributed by atoms with Gasteiger partial charge < -0.3 is 34.6 Å². The first-order chi connectivity index (χ1) is 25.1. The van der Waals surface area contributed by atoms with Gasteiger partial charge in [-0.15, -0.1) is 17.9 Å². The van der Waals surface area contributed by atoms with E-state index < -0.39 is 47.1 Å². The van der Waals surface area contributed by atoms with E-state index in [1.165, 1.54) is 15.9 Å². The highest BCUT2D eigenvalue weighted by Gasteiger charge is 2.61. The predicted molar refractivity (Wildman–Crippen MR) is 200 cm³/mol. The highest BCUT2D eigenvalue weighted by Crippen LogP contribution is 2.45. The molecule has 5 atom stereocenters. The van der Waals surface area contributed by atoms with Crippen molar-refractivity contribution in [2.75, 3.05) is 26.7 Å². The topological polar surface area (TPSA) is 154 Å². The Kier molecular flexibility index (Phi) is 9.40. The van der Waals surface area contributed by atoms with Gasteiger partial charge in [-0.1, -0.05) is 19.9 Å². The molecule has 0 spiro atoms. The first kappa shape index (κ1) is 36.6. The number of benzene rings is 1. The molecule has 14 heteroatoms. The predicted octanol–water partition coefficient (Wildman–Crippen LogP) is 4.91. The van der Waals surface area contributed by atoms with Crippen LogP contribution in [0.1, 0.15) is 64.5 Å². The molecule has 3 fully saturated rings. The van der Waals surface area contributed by atoms with Crippen molar-refractivity contribution in [1.82, 2.24) is 30.0 Å². The molecule has 4 heterocycles. The van der Waals surface area contributed by atoms with E-state index in [1.54, 1.807) is 28.2 Å². The van der Waals surface area contributed by atoms with Crippen LogP contribution < -0.4 is 14.8 Å². The van der Waals surface area contributed by atoms with Crippen molar-refractivity contribution in [3.05, 3.63) is 47.5 Å². The van der Waals surface area contributed by atoms with E-state index in [0.717, 1.165) is 35.4 Å². The monoisotopic (exact) mass is 744 g/mol. The molecule has 7 rings (SSSR count). The quantitative estimate of drug-likeness (QED) is 0.261. The van der Waals surface area contributed by atoms with Crippen LogP contribution in [0.5, 0.6) is 11.5 Å². The summed E-state index contributed by atoms with van der Waals surface area (Å²) in [7, 11) is 1.59. The number of aryl methyl sites for hydroxylation is 2. The molecule has 282 valence electrons. The Morgan fingerprint density at radius 3 is 2.55 bits per heavy atom. The van der Waals surface area contributed by atoms with Crippen molar-refractivity contribution in [3.63, 3.8) is 0 Å². The van der Waals surface area contributed by atoms with E-state index in [0.29, 0.717) is 35.8 Å². The summed E-state index contributed by atoms with van der Waals surface area (Å²) < 4.78 is 12.3. The van der Waals surface area contributed by atoms with Gasteiger partial charge in [0.15, 0.2) is 0 Å². The summed E-state index contributed by atoms with van der Waals surface area (Å²) in [5.41, 5.74) is 0.497. The van der Waals surface area contributed by atoms with Gasteiger partial charge in [0.05, 0.1) is 24.9 Å². The molecule has 4 aliphatic rings. The van der Waals surface area contributed by atoms with Crippen molar-refractivity contribution >= 4 is 46.1 Å². The maximum atomic E-state index is 14.7. The number of likely N-dealkylation sites (tertiary alicyclic amines) is 1. The van der Waals surface area contributed by atoms with Gasteiger partial charge in [0, 0.05) is 53.4 Å². The zero-order valence-electron chi connectivity index (χ0n) is 31.2. The normalized spacial score (nSPS) is 24.5. The number of carboxylic acid groups (broad SMARTS) is 1. The van der Waals surface area contributed by atoms with Crippen LogP contribution in [0.15, 0.2) is 36.9 Å². The van der Waals surface area contributed by atoms with Gasteiger partial charge in [-0.05, 0) is 64.5 Å². The van der Waals surface area contributed by atoms with Crippen LogP contribution in [0.3, 0.4) is 0 Å². The average Bonchev–Trinajstić information content (AvgIpc) is 3.57. The SMILES string of the molecule is C=C[C@@H]1C[C@]1(NC(=O)[C@@H]1C[C@@H](Oc2cc(-c3nc4c(s3)CCC4)nc3cc(OC)ccc23)CN1C(=O)[C@H](C(C)C)N1CCN(C(C)(C)C)C1=O)C(=O)O. The standard InChI is InChI=1S/C39H48N6O7S/c1-8-22-19-39(22,36(48)49)42-33(46)29-17-24(20-44(29)35(47)32(21(2)3)43-14-15-45(37(43)50)38(4,5)6)52-30-18-28(34-41-26-10-9-11-31(26)53-34)40-27-16-23(51-7)12-13-25(27)30/h8,12-13,16,18,21-22,24,29,32H,1,9-11,14-15,17,19-20H2,2-7H3,(H,42,46)(H,48,49)/t22-,24-,29+,32+,39-/m1/s1. The number of rotatable bonds is 11. The number of aliphatic carboxylic acids is 1. The Hall–Kier alpha value is -4.72. The van der Waals surface area contributed by atoms with E-state index in [2.05, 4.69) is 11.9 Å². The van der Waals surface area contributed by atoms with E-state index in [1.807, 2.05) is 58.9 Å². The number of amides is 4. The van der Waals surface area contributed by atoms with E-state index in [-0.39, 0.29) is 37.2 Å². The second kappa shape index (κ2) is 13.6. The van der Waals surface area contributed by atoms with Crippen molar-refractivity contribution in [2.24, 2.45) is 11.8 Å². The summed E-state index contributed by atoms with van der Waals surface area (Å²) in [6, 6.07) is 5.29. The van der Waals surface area contributed by atoms with Crippen LogP contribution >= 0.6 is 11.3 Å². The van der Waals surface area contributed by atoms with E-state index >= 15 is 0 Å². The Balaban J connectivity index is 1.23. The lowest BCUT2D eigenvalue weighted by Gasteiger charge is -2.36. The fraction of sp³-hybridized carbons (Fsp3) is 0.538. The zero-order chi connectivity index (χ0) is 38.0. The number of carboxylic acids is 1. The van der Waals surface area contributed by atoms with Crippen LogP contribution in [0.25, 0.3) is 21.6 Å². The number of methoxy groups -OCH3 is 1. The molecular weight excluding hydrogens is 697 g/mol. The minimum atomic E-state index is -1.48. The van der Waals surface area contributed by atoms with Crippen LogP contribution in [-0.2, 0) is 27.2 Å². The number of carbonyl (C=O) groups is 4. The molecule has 2 N–H and O–H groups in total. The summed E-state index contributed by atoms with van der Waals surface area (Å²) in [4.78, 5) is 70.9. The molecule has 2 aliphatic carbocycles. The first-order valence-electron chi connectivity index (χ1n) is 18.4. The van der Waals surface area contributed by atoms with Gasteiger partial charge in [-0.3, -0.25) is 9.59 Å². The molecule has 2 saturated heterocycles. The first-order valence-corrected chi connectivity index (χ1v) is 19.2. The summed E-state index contributed by atoms with van der Waals surface area (Å²) in [5.74, 6) is -1.65. The van der Waals surface area contributed by atoms with Crippen molar-refractivity contribution in [1.29, 1.82) is 0 Å². The van der Waals surface area contributed by atoms with Crippen LogP contribution in [0, 0.1) is 11.8 Å². The Bertz CT molecular complexity index is 1970. The van der Waals surface area contributed by atoms with E-state index in [4.69, 9.17) is 19.4 Å². The van der Waals surface area contributed by atoms with Crippen molar-refractivity contribution in [3.8, 4) is 22.2 Å². The van der Waals surface area contributed by atoms with Gasteiger partial charge in [0.2, 0.25) is 11.8 Å². The Morgan fingerprint density at radius 2 is 1.92 bits per heavy atom. The highest BCUT2D eigenvalue weighted by molar-refractivity contribution is 7.15. The maximum absolute atomic E-state index is 14.7. The molecule has 2 aliphatic heterocycles. The fourth-order valence-electron chi connectivity index (χ4n) is 8.07. The second-order valence-electron chi connectivity index (χ2n) is 15.9. The number of thiazole rings is 1. The molecule has 2 aromatic heterocycles. The third kappa shape index (κ3) is 6.59. The average molecular weight is 745 g/mol. The van der Waals surface area contributed by atoms with Gasteiger partial charge in [0.25, 0.3) is 0 Å². The van der Waals surface area contributed by atoms with Crippen LogP contribution in [0.2, 0.25) is 0 Å². The molecule has 0 unspecified atom stereocenters. The number of hydrogen-bond donors (Lipinski definition) is 2. The summed E-state index contributed by atoms with van der Waals surface area (Å²) in [6.07, 6.45) is 4.25. The number of urea groups is 1. The van der Waals surface area contributed by atoms with Crippen molar-refractivity contribution in [2.45, 2.75) is 96.0 Å². The molecular formula is C39H48N6O7S. The number of aromatic nitrogens is 2. The lowest BCUT2D eigenvalue weighted by atomic mass is 10.0. The maximum Gasteiger partial charge on any atom is 0.330 e. The molecule has 1 aromatic carbocycles. The highest BCUT2D eigenvalue weighted by atomic mass is 32.1. The van der Waals surface area contributed by atoms with Gasteiger partial charge in [-0.25, -0.2) is 19.6 Å². The minimum absolute atomic E-state index is 0.0525. The Morgan fingerprint density at radius 1 is 1.15 bits per heavy atom. The van der Waals surface area contributed by atoms with Crippen LogP contribution in [0.4, 0.5) is 4.79 Å². The van der Waals surface area contributed by atoms with Crippen LogP contribution in [-0.4, -0.2) is 110 Å². The largest absolute Gasteiger partial charge is 0.497 e. The van der Waals surface area contributed by atoms with Gasteiger partial charge in [-0.2, -0.15) is 0 Å². The van der Waals surface area contributed by atoms with Gasteiger partial charge in [0.1, 0.15) is 45.9 Å². The number of fused-ring (bicyclic) bond motifs is 2.